The Labute approximate surface area is 324 Å². The number of benzene rings is 2. The second-order valence-corrected chi connectivity index (χ2v) is 16.2. The van der Waals surface area contributed by atoms with Crippen molar-refractivity contribution >= 4 is 47.1 Å². The number of fused-ring (bicyclic) bond motifs is 1. The van der Waals surface area contributed by atoms with Crippen LogP contribution >= 0.6 is 0 Å². The van der Waals surface area contributed by atoms with Gasteiger partial charge in [-0.2, -0.15) is 5.10 Å². The first kappa shape index (κ1) is 36.1. The van der Waals surface area contributed by atoms with Gasteiger partial charge in [0.25, 0.3) is 11.8 Å². The van der Waals surface area contributed by atoms with Gasteiger partial charge in [-0.3, -0.25) is 44.2 Å². The summed E-state index contributed by atoms with van der Waals surface area (Å²) in [6.45, 7) is 6.64. The van der Waals surface area contributed by atoms with E-state index in [1.165, 1.54) is 0 Å². The van der Waals surface area contributed by atoms with Gasteiger partial charge in [-0.1, -0.05) is 24.3 Å². The number of aromatic nitrogens is 2. The van der Waals surface area contributed by atoms with Crippen molar-refractivity contribution in [1.82, 2.24) is 30.2 Å². The van der Waals surface area contributed by atoms with E-state index in [-0.39, 0.29) is 54.0 Å². The van der Waals surface area contributed by atoms with Gasteiger partial charge in [0.1, 0.15) is 12.1 Å². The average molecular weight is 763 g/mol. The topological polar surface area (TPSA) is 177 Å². The number of likely N-dealkylation sites (tertiary alicyclic amines) is 1. The van der Waals surface area contributed by atoms with Crippen LogP contribution in [0.2, 0.25) is 0 Å². The highest BCUT2D eigenvalue weighted by atomic mass is 16.6. The Morgan fingerprint density at radius 3 is 2.36 bits per heavy atom. The maximum Gasteiger partial charge on any atom is 0.410 e. The SMILES string of the molecule is C[C@H]1CCN1C(=O)O[C@H]1CC[C@@H](c2cc(NC(=O)C3(c4ccc(CN5CCN(c6ccc7c(c6)C(=O)N(C6CCC(=O)NC6=O)C7=O)CC5)cc4)CC3)n[nH]2)C1. The molecule has 15 nitrogen and oxygen atoms in total. The summed E-state index contributed by atoms with van der Waals surface area (Å²) in [4.78, 5) is 83.8. The Balaban J connectivity index is 0.756. The number of imide groups is 2. The van der Waals surface area contributed by atoms with Crippen LogP contribution in [0, 0.1) is 0 Å². The molecule has 3 aromatic rings. The maximum absolute atomic E-state index is 13.6. The van der Waals surface area contributed by atoms with Crippen molar-refractivity contribution in [2.24, 2.45) is 0 Å². The molecule has 0 bridgehead atoms. The van der Waals surface area contributed by atoms with Crippen molar-refractivity contribution in [1.29, 1.82) is 0 Å². The first-order chi connectivity index (χ1) is 27.1. The van der Waals surface area contributed by atoms with Crippen molar-refractivity contribution in [2.45, 2.75) is 94.4 Å². The molecule has 56 heavy (non-hydrogen) atoms. The average Bonchev–Trinajstić information content (AvgIpc) is 3.53. The van der Waals surface area contributed by atoms with Crippen LogP contribution in [0.25, 0.3) is 0 Å². The minimum absolute atomic E-state index is 0.0531. The van der Waals surface area contributed by atoms with Crippen molar-refractivity contribution in [3.8, 4) is 0 Å². The number of amides is 6. The Morgan fingerprint density at radius 1 is 0.893 bits per heavy atom. The number of ether oxygens (including phenoxy) is 1. The zero-order chi connectivity index (χ0) is 38.7. The van der Waals surface area contributed by atoms with Crippen LogP contribution in [-0.2, 0) is 31.1 Å². The van der Waals surface area contributed by atoms with E-state index >= 15 is 0 Å². The summed E-state index contributed by atoms with van der Waals surface area (Å²) in [5, 5.41) is 12.8. The fraction of sp³-hybridized carbons (Fsp3) is 0.488. The lowest BCUT2D eigenvalue weighted by Gasteiger charge is -2.38. The Hall–Kier alpha value is -5.57. The highest BCUT2D eigenvalue weighted by molar-refractivity contribution is 6.23. The summed E-state index contributed by atoms with van der Waals surface area (Å²) in [5.41, 5.74) is 3.94. The number of carbonyl (C=O) groups excluding carboxylic acids is 6. The standard InChI is InChI=1S/C41H46N8O7/c1-24-12-15-48(24)40(55)56-29-8-4-26(20-29)32-22-34(45-44-32)42-39(54)41(13-14-41)27-5-2-25(3-6-27)23-46-16-18-47(19-17-46)28-7-9-30-31(21-28)38(53)49(37(30)52)33-10-11-35(50)43-36(33)51/h2-3,5-7,9,21-22,24,26,29,33H,4,8,10-20,23H2,1H3,(H,43,50,51)(H2,42,44,45,54)/t24-,26+,29-,33?/m0/s1. The van der Waals surface area contributed by atoms with Crippen molar-refractivity contribution < 1.29 is 33.5 Å². The number of carbonyl (C=O) groups is 6. The molecule has 5 fully saturated rings. The molecule has 1 aromatic heterocycles. The van der Waals surface area contributed by atoms with Gasteiger partial charge in [0, 0.05) is 75.1 Å². The third kappa shape index (κ3) is 6.61. The largest absolute Gasteiger partial charge is 0.446 e. The molecule has 2 aromatic carbocycles. The van der Waals surface area contributed by atoms with Crippen LogP contribution in [0.15, 0.2) is 48.5 Å². The lowest BCUT2D eigenvalue weighted by atomic mass is 9.94. The number of nitrogens with one attached hydrogen (secondary N) is 3. The number of hydrogen-bond donors (Lipinski definition) is 3. The predicted molar refractivity (Wildman–Crippen MR) is 203 cm³/mol. The summed E-state index contributed by atoms with van der Waals surface area (Å²) in [7, 11) is 0. The van der Waals surface area contributed by atoms with Gasteiger partial charge in [-0.25, -0.2) is 4.79 Å². The lowest BCUT2D eigenvalue weighted by molar-refractivity contribution is -0.136. The van der Waals surface area contributed by atoms with Gasteiger partial charge in [-0.05, 0) is 81.2 Å². The van der Waals surface area contributed by atoms with E-state index in [2.05, 4.69) is 54.9 Å². The normalized spacial score (nSPS) is 25.8. The lowest BCUT2D eigenvalue weighted by Crippen LogP contribution is -2.54. The number of anilines is 2. The van der Waals surface area contributed by atoms with Crippen LogP contribution in [0.5, 0.6) is 0 Å². The minimum atomic E-state index is -0.986. The Bertz CT molecular complexity index is 2100. The Morgan fingerprint density at radius 2 is 1.66 bits per heavy atom. The number of hydrogen-bond acceptors (Lipinski definition) is 10. The number of piperazine rings is 1. The molecular formula is C41H46N8O7. The first-order valence-corrected chi connectivity index (χ1v) is 19.8. The molecule has 4 aliphatic heterocycles. The number of nitrogens with zero attached hydrogens (tertiary/aromatic N) is 5. The summed E-state index contributed by atoms with van der Waals surface area (Å²) >= 11 is 0. The zero-order valence-electron chi connectivity index (χ0n) is 31.4. The highest BCUT2D eigenvalue weighted by Crippen LogP contribution is 2.49. The molecule has 292 valence electrons. The van der Waals surface area contributed by atoms with Crippen LogP contribution in [0.3, 0.4) is 0 Å². The van der Waals surface area contributed by atoms with E-state index in [4.69, 9.17) is 4.74 Å². The molecule has 5 heterocycles. The van der Waals surface area contributed by atoms with E-state index in [9.17, 15) is 28.8 Å². The van der Waals surface area contributed by atoms with Gasteiger partial charge in [0.15, 0.2) is 5.82 Å². The van der Waals surface area contributed by atoms with E-state index in [1.54, 1.807) is 17.0 Å². The van der Waals surface area contributed by atoms with Crippen molar-refractivity contribution in [2.75, 3.05) is 42.9 Å². The third-order valence-corrected chi connectivity index (χ3v) is 12.7. The molecule has 0 radical (unpaired) electrons. The summed E-state index contributed by atoms with van der Waals surface area (Å²) in [5.74, 6) is -1.37. The monoisotopic (exact) mass is 762 g/mol. The molecular weight excluding hydrogens is 716 g/mol. The fourth-order valence-corrected chi connectivity index (χ4v) is 8.95. The highest BCUT2D eigenvalue weighted by Gasteiger charge is 2.51. The van der Waals surface area contributed by atoms with E-state index in [0.29, 0.717) is 5.82 Å². The number of H-pyrrole nitrogens is 1. The van der Waals surface area contributed by atoms with E-state index < -0.39 is 35.1 Å². The molecule has 2 saturated carbocycles. The molecule has 4 atom stereocenters. The molecule has 6 amide bonds. The third-order valence-electron chi connectivity index (χ3n) is 12.7. The maximum atomic E-state index is 13.6. The van der Waals surface area contributed by atoms with Gasteiger partial charge in [-0.15, -0.1) is 0 Å². The molecule has 2 aliphatic carbocycles. The second-order valence-electron chi connectivity index (χ2n) is 16.2. The zero-order valence-corrected chi connectivity index (χ0v) is 31.4. The van der Waals surface area contributed by atoms with Crippen LogP contribution < -0.4 is 15.5 Å². The molecule has 6 aliphatic rings. The number of aromatic amines is 1. The van der Waals surface area contributed by atoms with E-state index in [1.807, 2.05) is 19.1 Å². The second kappa shape index (κ2) is 14.2. The molecule has 3 N–H and O–H groups in total. The molecule has 1 unspecified atom stereocenters. The summed E-state index contributed by atoms with van der Waals surface area (Å²) in [6.07, 6.45) is 4.91. The number of piperidine rings is 1. The van der Waals surface area contributed by atoms with Gasteiger partial charge < -0.3 is 19.9 Å². The van der Waals surface area contributed by atoms with Crippen LogP contribution in [0.1, 0.15) is 102 Å². The predicted octanol–water partition coefficient (Wildman–Crippen LogP) is 3.67. The van der Waals surface area contributed by atoms with Gasteiger partial charge in [0.2, 0.25) is 17.7 Å². The number of rotatable bonds is 9. The minimum Gasteiger partial charge on any atom is -0.446 e. The first-order valence-electron chi connectivity index (χ1n) is 19.8. The van der Waals surface area contributed by atoms with Crippen molar-refractivity contribution in [3.63, 3.8) is 0 Å². The summed E-state index contributed by atoms with van der Waals surface area (Å²) in [6, 6.07) is 14.8. The fourth-order valence-electron chi connectivity index (χ4n) is 8.95. The smallest absolute Gasteiger partial charge is 0.410 e. The van der Waals surface area contributed by atoms with E-state index in [0.717, 1.165) is 105 Å². The Kier molecular flexibility index (Phi) is 9.14. The van der Waals surface area contributed by atoms with Gasteiger partial charge in [0.05, 0.1) is 16.5 Å². The van der Waals surface area contributed by atoms with Crippen LogP contribution in [-0.4, -0.2) is 111 Å². The quantitative estimate of drug-likeness (QED) is 0.273. The molecule has 9 rings (SSSR count). The molecule has 0 spiro atoms. The summed E-state index contributed by atoms with van der Waals surface area (Å²) < 4.78 is 5.77. The van der Waals surface area contributed by atoms with Crippen molar-refractivity contribution in [3.05, 3.63) is 76.5 Å². The molecule has 15 heteroatoms. The van der Waals surface area contributed by atoms with Gasteiger partial charge >= 0.3 is 6.09 Å². The van der Waals surface area contributed by atoms with Crippen LogP contribution in [0.4, 0.5) is 16.3 Å². The molecule has 3 saturated heterocycles.